The van der Waals surface area contributed by atoms with Crippen molar-refractivity contribution in [2.75, 3.05) is 7.05 Å². The van der Waals surface area contributed by atoms with E-state index in [1.807, 2.05) is 24.3 Å². The van der Waals surface area contributed by atoms with Crippen LogP contribution in [0, 0.1) is 12.3 Å². The van der Waals surface area contributed by atoms with Crippen LogP contribution in [-0.4, -0.2) is 30.2 Å². The molecule has 0 unspecified atom stereocenters. The molecule has 9 heteroatoms. The van der Waals surface area contributed by atoms with E-state index < -0.39 is 15.9 Å². The Bertz CT molecular complexity index is 1470. The Morgan fingerprint density at radius 3 is 2.59 bits per heavy atom. The fourth-order valence-electron chi connectivity index (χ4n) is 3.16. The predicted molar refractivity (Wildman–Crippen MR) is 122 cm³/mol. The number of aromatic nitrogens is 1. The second-order valence-electron chi connectivity index (χ2n) is 6.92. The third kappa shape index (κ3) is 4.29. The lowest BCUT2D eigenvalue weighted by molar-refractivity contribution is 0.0998. The molecule has 0 saturated carbocycles. The molecule has 0 atom stereocenters. The van der Waals surface area contributed by atoms with Gasteiger partial charge in [-0.25, -0.2) is 8.42 Å². The third-order valence-corrected chi connectivity index (χ3v) is 7.68. The first-order valence-electron chi connectivity index (χ1n) is 9.60. The lowest BCUT2D eigenvalue weighted by Crippen LogP contribution is -2.26. The molecular weight excluding hydrogens is 446 g/mol. The van der Waals surface area contributed by atoms with Crippen LogP contribution in [-0.2, 0) is 23.1 Å². The van der Waals surface area contributed by atoms with Gasteiger partial charge < -0.3 is 8.98 Å². The number of carbonyl (C=O) groups excluding carboxylic acids is 1. The number of terminal acetylenes is 1. The molecule has 0 N–H and O–H groups in total. The first kappa shape index (κ1) is 21.8. The quantitative estimate of drug-likeness (QED) is 0.408. The Balaban J connectivity index is 1.61. The topological polar surface area (TPSA) is 84.9 Å². The summed E-state index contributed by atoms with van der Waals surface area (Å²) in [6.07, 6.45) is 6.98. The molecule has 0 bridgehead atoms. The highest BCUT2D eigenvalue weighted by molar-refractivity contribution is 7.89. The van der Waals surface area contributed by atoms with Gasteiger partial charge in [-0.05, 0) is 48.5 Å². The Kier molecular flexibility index (Phi) is 6.10. The molecule has 0 spiro atoms. The van der Waals surface area contributed by atoms with Crippen LogP contribution in [0.15, 0.2) is 81.2 Å². The van der Waals surface area contributed by atoms with E-state index in [0.29, 0.717) is 10.6 Å². The summed E-state index contributed by atoms with van der Waals surface area (Å²) in [6, 6.07) is 16.8. The van der Waals surface area contributed by atoms with E-state index in [4.69, 9.17) is 10.8 Å². The van der Waals surface area contributed by atoms with Crippen molar-refractivity contribution in [2.24, 2.45) is 4.99 Å². The molecule has 0 radical (unpaired) electrons. The van der Waals surface area contributed by atoms with Crippen LogP contribution in [0.3, 0.4) is 0 Å². The van der Waals surface area contributed by atoms with Crippen molar-refractivity contribution in [1.29, 1.82) is 0 Å². The number of rotatable bonds is 6. The van der Waals surface area contributed by atoms with E-state index in [1.165, 1.54) is 53.2 Å². The number of thiazole rings is 1. The summed E-state index contributed by atoms with van der Waals surface area (Å²) in [6.45, 7) is 0.391. The van der Waals surface area contributed by atoms with Crippen molar-refractivity contribution in [3.63, 3.8) is 0 Å². The van der Waals surface area contributed by atoms with E-state index in [2.05, 4.69) is 10.9 Å². The Morgan fingerprint density at radius 1 is 1.16 bits per heavy atom. The summed E-state index contributed by atoms with van der Waals surface area (Å²) in [4.78, 5) is 17.6. The minimum atomic E-state index is -3.74. The SMILES string of the molecule is C#CCn1c(=NC(=O)c2ccc(S(=O)(=O)N(C)Cc3ccco3)cc2)sc2ccccc21. The first-order chi connectivity index (χ1) is 15.4. The summed E-state index contributed by atoms with van der Waals surface area (Å²) >= 11 is 1.37. The molecule has 162 valence electrons. The zero-order valence-electron chi connectivity index (χ0n) is 17.1. The highest BCUT2D eigenvalue weighted by Crippen LogP contribution is 2.19. The van der Waals surface area contributed by atoms with Gasteiger partial charge in [0.05, 0.1) is 34.5 Å². The Morgan fingerprint density at radius 2 is 1.91 bits per heavy atom. The molecule has 0 aliphatic heterocycles. The number of hydrogen-bond acceptors (Lipinski definition) is 5. The fraction of sp³-hybridized carbons (Fsp3) is 0.130. The van der Waals surface area contributed by atoms with Crippen molar-refractivity contribution in [3.8, 4) is 12.3 Å². The predicted octanol–water partition coefficient (Wildman–Crippen LogP) is 3.49. The summed E-state index contributed by atoms with van der Waals surface area (Å²) in [5.41, 5.74) is 1.19. The van der Waals surface area contributed by atoms with E-state index in [0.717, 1.165) is 10.2 Å². The number of sulfonamides is 1. The van der Waals surface area contributed by atoms with Crippen LogP contribution < -0.4 is 4.80 Å². The van der Waals surface area contributed by atoms with E-state index in [1.54, 1.807) is 16.7 Å². The van der Waals surface area contributed by atoms with E-state index >= 15 is 0 Å². The molecular formula is C23H19N3O4S2. The smallest absolute Gasteiger partial charge is 0.279 e. The molecule has 0 fully saturated rings. The van der Waals surface area contributed by atoms with Gasteiger partial charge in [-0.15, -0.1) is 6.42 Å². The zero-order valence-corrected chi connectivity index (χ0v) is 18.8. The summed E-state index contributed by atoms with van der Waals surface area (Å²) in [5.74, 6) is 2.64. The van der Waals surface area contributed by atoms with Gasteiger partial charge in [-0.3, -0.25) is 4.79 Å². The number of hydrogen-bond donors (Lipinski definition) is 0. The normalized spacial score (nSPS) is 12.3. The highest BCUT2D eigenvalue weighted by Gasteiger charge is 2.22. The van der Waals surface area contributed by atoms with Gasteiger partial charge in [0, 0.05) is 12.6 Å². The monoisotopic (exact) mass is 465 g/mol. The average molecular weight is 466 g/mol. The molecule has 4 rings (SSSR count). The standard InChI is InChI=1S/C23H19N3O4S2/c1-3-14-26-20-8-4-5-9-21(20)31-23(26)24-22(27)17-10-12-19(13-11-17)32(28,29)25(2)16-18-7-6-15-30-18/h1,4-13,15H,14,16H2,2H3. The number of nitrogens with zero attached hydrogens (tertiary/aromatic N) is 3. The van der Waals surface area contributed by atoms with Crippen LogP contribution in [0.1, 0.15) is 16.1 Å². The van der Waals surface area contributed by atoms with Gasteiger partial charge in [0.2, 0.25) is 10.0 Å². The molecule has 32 heavy (non-hydrogen) atoms. The zero-order chi connectivity index (χ0) is 22.7. The number of para-hydroxylation sites is 1. The van der Waals surface area contributed by atoms with E-state index in [-0.39, 0.29) is 23.5 Å². The molecule has 1 amide bonds. The van der Waals surface area contributed by atoms with Crippen molar-refractivity contribution in [1.82, 2.24) is 8.87 Å². The fourth-order valence-corrected chi connectivity index (χ4v) is 5.32. The molecule has 2 aromatic heterocycles. The van der Waals surface area contributed by atoms with Gasteiger partial charge >= 0.3 is 0 Å². The average Bonchev–Trinajstić information content (AvgIpc) is 3.42. The molecule has 2 heterocycles. The number of furan rings is 1. The Labute approximate surface area is 189 Å². The number of carbonyl (C=O) groups is 1. The van der Waals surface area contributed by atoms with Crippen LogP contribution >= 0.6 is 11.3 Å². The lowest BCUT2D eigenvalue weighted by Gasteiger charge is -2.16. The highest BCUT2D eigenvalue weighted by atomic mass is 32.2. The van der Waals surface area contributed by atoms with Crippen molar-refractivity contribution < 1.29 is 17.6 Å². The third-order valence-electron chi connectivity index (χ3n) is 4.80. The lowest BCUT2D eigenvalue weighted by atomic mass is 10.2. The van der Waals surface area contributed by atoms with Gasteiger partial charge in [-0.1, -0.05) is 29.4 Å². The molecule has 0 aliphatic rings. The summed E-state index contributed by atoms with van der Waals surface area (Å²) in [5, 5.41) is 0. The minimum absolute atomic E-state index is 0.0763. The maximum Gasteiger partial charge on any atom is 0.279 e. The number of amides is 1. The van der Waals surface area contributed by atoms with Gasteiger partial charge in [-0.2, -0.15) is 9.30 Å². The van der Waals surface area contributed by atoms with Crippen LogP contribution in [0.4, 0.5) is 0 Å². The minimum Gasteiger partial charge on any atom is -0.468 e. The second kappa shape index (κ2) is 8.96. The molecule has 2 aromatic carbocycles. The van der Waals surface area contributed by atoms with Crippen LogP contribution in [0.5, 0.6) is 0 Å². The molecule has 7 nitrogen and oxygen atoms in total. The molecule has 0 aliphatic carbocycles. The molecule has 4 aromatic rings. The first-order valence-corrected chi connectivity index (χ1v) is 11.9. The molecule has 0 saturated heterocycles. The maximum absolute atomic E-state index is 12.8. The maximum atomic E-state index is 12.8. The second-order valence-corrected chi connectivity index (χ2v) is 9.98. The van der Waals surface area contributed by atoms with Crippen LogP contribution in [0.2, 0.25) is 0 Å². The van der Waals surface area contributed by atoms with Crippen LogP contribution in [0.25, 0.3) is 10.2 Å². The van der Waals surface area contributed by atoms with Crippen molar-refractivity contribution in [2.45, 2.75) is 18.0 Å². The van der Waals surface area contributed by atoms with Crippen molar-refractivity contribution >= 4 is 37.5 Å². The van der Waals surface area contributed by atoms with Gasteiger partial charge in [0.15, 0.2) is 4.80 Å². The van der Waals surface area contributed by atoms with Gasteiger partial charge in [0.1, 0.15) is 5.76 Å². The van der Waals surface area contributed by atoms with Gasteiger partial charge in [0.25, 0.3) is 5.91 Å². The summed E-state index contributed by atoms with van der Waals surface area (Å²) < 4.78 is 34.8. The van der Waals surface area contributed by atoms with E-state index in [9.17, 15) is 13.2 Å². The summed E-state index contributed by atoms with van der Waals surface area (Å²) in [7, 11) is -2.27. The number of fused-ring (bicyclic) bond motifs is 1. The number of benzene rings is 2. The van der Waals surface area contributed by atoms with Crippen molar-refractivity contribution in [3.05, 3.63) is 83.1 Å². The Hall–Kier alpha value is -3.45. The largest absolute Gasteiger partial charge is 0.468 e.